The van der Waals surface area contributed by atoms with E-state index in [0.717, 1.165) is 54.1 Å². The van der Waals surface area contributed by atoms with Gasteiger partial charge in [-0.15, -0.1) is 0 Å². The second-order valence-electron chi connectivity index (χ2n) is 11.0. The number of carbonyl (C=O) groups is 1. The lowest BCUT2D eigenvalue weighted by atomic mass is 10.1. The van der Waals surface area contributed by atoms with Gasteiger partial charge in [-0.1, -0.05) is 60.2 Å². The van der Waals surface area contributed by atoms with Gasteiger partial charge in [0.2, 0.25) is 5.91 Å². The molecule has 6 rings (SSSR count). The van der Waals surface area contributed by atoms with Crippen molar-refractivity contribution in [3.05, 3.63) is 113 Å². The predicted molar refractivity (Wildman–Crippen MR) is 164 cm³/mol. The van der Waals surface area contributed by atoms with Gasteiger partial charge in [-0.2, -0.15) is 5.10 Å². The van der Waals surface area contributed by atoms with Gasteiger partial charge in [0.15, 0.2) is 5.65 Å². The summed E-state index contributed by atoms with van der Waals surface area (Å²) in [5.41, 5.74) is 5.76. The Labute approximate surface area is 245 Å². The Morgan fingerprint density at radius 1 is 0.833 bits per heavy atom. The molecule has 1 saturated heterocycles. The first-order valence-electron chi connectivity index (χ1n) is 14.6. The molecule has 1 aliphatic rings. The largest absolute Gasteiger partial charge is 0.354 e. The Kier molecular flexibility index (Phi) is 7.95. The van der Waals surface area contributed by atoms with Crippen LogP contribution < -0.4 is 4.90 Å². The van der Waals surface area contributed by atoms with E-state index in [1.165, 1.54) is 23.3 Å². The van der Waals surface area contributed by atoms with Crippen LogP contribution in [0.25, 0.3) is 16.7 Å². The maximum atomic E-state index is 13.7. The molecular weight excluding hydrogens is 527 g/mol. The molecule has 0 radical (unpaired) electrons. The van der Waals surface area contributed by atoms with E-state index in [2.05, 4.69) is 48.2 Å². The van der Waals surface area contributed by atoms with Crippen LogP contribution in [0.3, 0.4) is 0 Å². The van der Waals surface area contributed by atoms with Crippen LogP contribution in [0.5, 0.6) is 0 Å². The second kappa shape index (κ2) is 12.1. The highest BCUT2D eigenvalue weighted by atomic mass is 19.1. The molecular formula is C34H35FN6O. The lowest BCUT2D eigenvalue weighted by molar-refractivity contribution is -0.130. The highest BCUT2D eigenvalue weighted by Crippen LogP contribution is 2.30. The summed E-state index contributed by atoms with van der Waals surface area (Å²) in [5, 5.41) is 5.71. The smallest absolute Gasteiger partial charge is 0.222 e. The van der Waals surface area contributed by atoms with E-state index in [4.69, 9.17) is 15.1 Å². The summed E-state index contributed by atoms with van der Waals surface area (Å²) in [4.78, 5) is 27.5. The molecule has 7 nitrogen and oxygen atoms in total. The van der Waals surface area contributed by atoms with Gasteiger partial charge in [0.05, 0.1) is 16.8 Å². The summed E-state index contributed by atoms with van der Waals surface area (Å²) in [6.07, 6.45) is 2.68. The van der Waals surface area contributed by atoms with Crippen LogP contribution in [0.4, 0.5) is 10.2 Å². The van der Waals surface area contributed by atoms with E-state index in [-0.39, 0.29) is 11.7 Å². The quantitative estimate of drug-likeness (QED) is 0.250. The van der Waals surface area contributed by atoms with Gasteiger partial charge in [-0.05, 0) is 62.1 Å². The van der Waals surface area contributed by atoms with Crippen LogP contribution in [-0.4, -0.2) is 56.7 Å². The van der Waals surface area contributed by atoms with E-state index in [0.29, 0.717) is 37.4 Å². The second-order valence-corrected chi connectivity index (χ2v) is 11.0. The molecule has 1 aliphatic heterocycles. The van der Waals surface area contributed by atoms with Crippen LogP contribution in [0.15, 0.2) is 78.9 Å². The molecule has 0 aliphatic carbocycles. The Morgan fingerprint density at radius 2 is 1.60 bits per heavy atom. The summed E-state index contributed by atoms with van der Waals surface area (Å²) in [5.74, 6) is 1.43. The van der Waals surface area contributed by atoms with Crippen LogP contribution in [0.1, 0.15) is 41.1 Å². The van der Waals surface area contributed by atoms with E-state index in [1.54, 1.807) is 16.8 Å². The van der Waals surface area contributed by atoms with Crippen molar-refractivity contribution < 1.29 is 9.18 Å². The highest BCUT2D eigenvalue weighted by Gasteiger charge is 2.25. The zero-order valence-corrected chi connectivity index (χ0v) is 24.1. The average molecular weight is 563 g/mol. The van der Waals surface area contributed by atoms with Gasteiger partial charge in [0, 0.05) is 39.0 Å². The normalized spacial score (nSPS) is 13.9. The fourth-order valence-corrected chi connectivity index (χ4v) is 5.60. The number of fused-ring (bicyclic) bond motifs is 1. The molecule has 1 amide bonds. The molecule has 0 N–H and O–H groups in total. The number of aromatic nitrogens is 4. The molecule has 1 fully saturated rings. The molecule has 2 aromatic heterocycles. The number of benzene rings is 3. The molecule has 42 heavy (non-hydrogen) atoms. The van der Waals surface area contributed by atoms with Crippen molar-refractivity contribution in [2.24, 2.45) is 0 Å². The first kappa shape index (κ1) is 27.6. The topological polar surface area (TPSA) is 67.2 Å². The lowest BCUT2D eigenvalue weighted by Gasteiger charge is -2.24. The van der Waals surface area contributed by atoms with E-state index < -0.39 is 0 Å². The number of carbonyl (C=O) groups excluding carboxylic acids is 1. The van der Waals surface area contributed by atoms with Crippen molar-refractivity contribution in [1.29, 1.82) is 0 Å². The third-order valence-corrected chi connectivity index (χ3v) is 7.90. The van der Waals surface area contributed by atoms with Gasteiger partial charge < -0.3 is 9.80 Å². The number of hydrogen-bond donors (Lipinski definition) is 0. The third-order valence-electron chi connectivity index (χ3n) is 7.90. The predicted octanol–water partition coefficient (Wildman–Crippen LogP) is 5.83. The molecule has 0 unspecified atom stereocenters. The number of halogens is 1. The molecule has 0 saturated carbocycles. The van der Waals surface area contributed by atoms with E-state index in [9.17, 15) is 9.18 Å². The standard InChI is InChI=1S/C34H35FN6O/c1-24-9-11-27(12-10-24)23-30-36-33(32-25(2)38-41(34(32)37-30)29-16-14-28(35)15-17-29)40-20-6-19-39(21-22-40)31(42)18-13-26-7-4-3-5-8-26/h3-5,7-12,14-17H,6,13,18-23H2,1-2H3. The molecule has 5 aromatic rings. The van der Waals surface area contributed by atoms with Gasteiger partial charge in [-0.3, -0.25) is 4.79 Å². The molecule has 8 heteroatoms. The van der Waals surface area contributed by atoms with Crippen LogP contribution >= 0.6 is 0 Å². The van der Waals surface area contributed by atoms with Crippen molar-refractivity contribution in [3.8, 4) is 5.69 Å². The third kappa shape index (κ3) is 6.03. The minimum Gasteiger partial charge on any atom is -0.354 e. The van der Waals surface area contributed by atoms with E-state index >= 15 is 0 Å². The fourth-order valence-electron chi connectivity index (χ4n) is 5.60. The minimum atomic E-state index is -0.297. The maximum absolute atomic E-state index is 13.7. The number of hydrogen-bond acceptors (Lipinski definition) is 5. The number of amides is 1. The summed E-state index contributed by atoms with van der Waals surface area (Å²) in [7, 11) is 0. The molecule has 0 bridgehead atoms. The van der Waals surface area contributed by atoms with E-state index in [1.807, 2.05) is 30.0 Å². The minimum absolute atomic E-state index is 0.189. The Hall–Kier alpha value is -4.59. The van der Waals surface area contributed by atoms with Crippen LogP contribution in [0, 0.1) is 19.7 Å². The molecule has 0 atom stereocenters. The van der Waals surface area contributed by atoms with Crippen molar-refractivity contribution in [3.63, 3.8) is 0 Å². The molecule has 3 aromatic carbocycles. The van der Waals surface area contributed by atoms with Crippen LogP contribution in [-0.2, 0) is 17.6 Å². The number of aryl methyl sites for hydroxylation is 3. The van der Waals surface area contributed by atoms with Crippen molar-refractivity contribution in [1.82, 2.24) is 24.6 Å². The van der Waals surface area contributed by atoms with Crippen molar-refractivity contribution >= 4 is 22.8 Å². The molecule has 0 spiro atoms. The number of anilines is 1. The molecule has 214 valence electrons. The zero-order valence-electron chi connectivity index (χ0n) is 24.1. The first-order valence-corrected chi connectivity index (χ1v) is 14.6. The molecule has 3 heterocycles. The first-order chi connectivity index (χ1) is 20.4. The number of rotatable bonds is 7. The summed E-state index contributed by atoms with van der Waals surface area (Å²) in [6.45, 7) is 6.85. The monoisotopic (exact) mass is 562 g/mol. The summed E-state index contributed by atoms with van der Waals surface area (Å²) in [6, 6.07) is 24.9. The van der Waals surface area contributed by atoms with Gasteiger partial charge >= 0.3 is 0 Å². The Bertz CT molecular complexity index is 1680. The van der Waals surface area contributed by atoms with Crippen molar-refractivity contribution in [2.75, 3.05) is 31.1 Å². The fraction of sp³-hybridized carbons (Fsp3) is 0.294. The SMILES string of the molecule is Cc1ccc(Cc2nc(N3CCCN(C(=O)CCc4ccccc4)CC3)c3c(C)nn(-c4ccc(F)cc4)c3n2)cc1. The van der Waals surface area contributed by atoms with Crippen LogP contribution in [0.2, 0.25) is 0 Å². The average Bonchev–Trinajstić information content (AvgIpc) is 3.16. The number of nitrogens with zero attached hydrogens (tertiary/aromatic N) is 6. The summed E-state index contributed by atoms with van der Waals surface area (Å²) < 4.78 is 15.5. The highest BCUT2D eigenvalue weighted by molar-refractivity contribution is 5.91. The maximum Gasteiger partial charge on any atom is 0.222 e. The lowest BCUT2D eigenvalue weighted by Crippen LogP contribution is -2.35. The Morgan fingerprint density at radius 3 is 2.36 bits per heavy atom. The van der Waals surface area contributed by atoms with Gasteiger partial charge in [0.25, 0.3) is 0 Å². The zero-order chi connectivity index (χ0) is 29.1. The van der Waals surface area contributed by atoms with Gasteiger partial charge in [0.1, 0.15) is 17.5 Å². The van der Waals surface area contributed by atoms with Crippen molar-refractivity contribution in [2.45, 2.75) is 39.5 Å². The Balaban J connectivity index is 1.31. The summed E-state index contributed by atoms with van der Waals surface area (Å²) >= 11 is 0. The van der Waals surface area contributed by atoms with Gasteiger partial charge in [-0.25, -0.2) is 19.0 Å².